The van der Waals surface area contributed by atoms with Crippen LogP contribution in [-0.4, -0.2) is 37.2 Å². The Morgan fingerprint density at radius 3 is 2.37 bits per heavy atom. The molecule has 19 heavy (non-hydrogen) atoms. The quantitative estimate of drug-likeness (QED) is 0.738. The first-order valence-electron chi connectivity index (χ1n) is 5.67. The Hall–Kier alpha value is -1.44. The standard InChI is InChI=1S/C12H17NO5S/c1-7-4-8(2)11(5-10(7)12(15)16)19(17,18)13-6-9(3)14/h4-5,9,13-14H,6H2,1-3H3,(H,15,16)/t9-/m1/s1. The summed E-state index contributed by atoms with van der Waals surface area (Å²) >= 11 is 0. The molecule has 7 heteroatoms. The first-order chi connectivity index (χ1) is 8.65. The van der Waals surface area contributed by atoms with Crippen LogP contribution in [0.25, 0.3) is 0 Å². The molecule has 0 aliphatic carbocycles. The number of nitrogens with one attached hydrogen (secondary N) is 1. The number of carbonyl (C=O) groups is 1. The van der Waals surface area contributed by atoms with E-state index in [9.17, 15) is 13.2 Å². The molecule has 1 aromatic carbocycles. The summed E-state index contributed by atoms with van der Waals surface area (Å²) in [7, 11) is -3.83. The van der Waals surface area contributed by atoms with E-state index in [1.807, 2.05) is 0 Å². The predicted octanol–water partition coefficient (Wildman–Crippen LogP) is 0.661. The van der Waals surface area contributed by atoms with Gasteiger partial charge < -0.3 is 10.2 Å². The second kappa shape index (κ2) is 5.68. The Labute approximate surface area is 112 Å². The van der Waals surface area contributed by atoms with Crippen LogP contribution in [0.3, 0.4) is 0 Å². The molecule has 3 N–H and O–H groups in total. The van der Waals surface area contributed by atoms with E-state index < -0.39 is 22.1 Å². The molecule has 6 nitrogen and oxygen atoms in total. The van der Waals surface area contributed by atoms with E-state index in [1.165, 1.54) is 13.0 Å². The van der Waals surface area contributed by atoms with Gasteiger partial charge in [-0.15, -0.1) is 0 Å². The normalized spacial score (nSPS) is 13.3. The van der Waals surface area contributed by atoms with Crippen molar-refractivity contribution in [3.8, 4) is 0 Å². The summed E-state index contributed by atoms with van der Waals surface area (Å²) in [4.78, 5) is 10.9. The lowest BCUT2D eigenvalue weighted by Gasteiger charge is -2.12. The highest BCUT2D eigenvalue weighted by molar-refractivity contribution is 7.89. The van der Waals surface area contributed by atoms with Crippen molar-refractivity contribution in [2.75, 3.05) is 6.54 Å². The number of aromatic carboxylic acids is 1. The van der Waals surface area contributed by atoms with E-state index >= 15 is 0 Å². The molecule has 0 radical (unpaired) electrons. The lowest BCUT2D eigenvalue weighted by atomic mass is 10.1. The SMILES string of the molecule is Cc1cc(C)c(S(=O)(=O)NC[C@@H](C)O)cc1C(=O)O. The van der Waals surface area contributed by atoms with Crippen molar-refractivity contribution in [1.82, 2.24) is 4.72 Å². The van der Waals surface area contributed by atoms with Crippen molar-refractivity contribution in [3.63, 3.8) is 0 Å². The van der Waals surface area contributed by atoms with Gasteiger partial charge in [0.15, 0.2) is 0 Å². The maximum Gasteiger partial charge on any atom is 0.335 e. The predicted molar refractivity (Wildman–Crippen MR) is 69.7 cm³/mol. The fourth-order valence-corrected chi connectivity index (χ4v) is 3.03. The van der Waals surface area contributed by atoms with Gasteiger partial charge in [-0.25, -0.2) is 17.9 Å². The van der Waals surface area contributed by atoms with E-state index in [4.69, 9.17) is 10.2 Å². The lowest BCUT2D eigenvalue weighted by Crippen LogP contribution is -2.31. The van der Waals surface area contributed by atoms with Gasteiger partial charge in [0.2, 0.25) is 10.0 Å². The molecule has 0 aliphatic heterocycles. The summed E-state index contributed by atoms with van der Waals surface area (Å²) < 4.78 is 26.3. The second-order valence-corrected chi connectivity index (χ2v) is 6.17. The summed E-state index contributed by atoms with van der Waals surface area (Å²) in [5.41, 5.74) is 0.906. The number of aryl methyl sites for hydroxylation is 2. The summed E-state index contributed by atoms with van der Waals surface area (Å²) in [5.74, 6) is -1.18. The van der Waals surface area contributed by atoms with E-state index in [2.05, 4.69) is 4.72 Å². The molecule has 0 aliphatic rings. The Morgan fingerprint density at radius 2 is 1.89 bits per heavy atom. The van der Waals surface area contributed by atoms with E-state index in [0.29, 0.717) is 11.1 Å². The van der Waals surface area contributed by atoms with Crippen LogP contribution in [0.4, 0.5) is 0 Å². The zero-order valence-corrected chi connectivity index (χ0v) is 11.8. The van der Waals surface area contributed by atoms with E-state index in [1.54, 1.807) is 13.8 Å². The topological polar surface area (TPSA) is 104 Å². The van der Waals surface area contributed by atoms with Crippen LogP contribution in [0.5, 0.6) is 0 Å². The Morgan fingerprint density at radius 1 is 1.32 bits per heavy atom. The molecule has 106 valence electrons. The molecule has 0 saturated heterocycles. The smallest absolute Gasteiger partial charge is 0.335 e. The van der Waals surface area contributed by atoms with Gasteiger partial charge in [0.1, 0.15) is 0 Å². The molecular weight excluding hydrogens is 270 g/mol. The Bertz CT molecular complexity index is 592. The van der Waals surface area contributed by atoms with Crippen LogP contribution < -0.4 is 4.72 Å². The fourth-order valence-electron chi connectivity index (χ4n) is 1.66. The fraction of sp³-hybridized carbons (Fsp3) is 0.417. The maximum atomic E-state index is 12.0. The highest BCUT2D eigenvalue weighted by Crippen LogP contribution is 2.20. The summed E-state index contributed by atoms with van der Waals surface area (Å²) in [5, 5.41) is 18.1. The zero-order valence-electron chi connectivity index (χ0n) is 11.0. The van der Waals surface area contributed by atoms with Gasteiger partial charge >= 0.3 is 5.97 Å². The van der Waals surface area contributed by atoms with Crippen molar-refractivity contribution < 1.29 is 23.4 Å². The van der Waals surface area contributed by atoms with Gasteiger partial charge in [0.25, 0.3) is 0 Å². The molecule has 1 atom stereocenters. The molecule has 1 aromatic rings. The van der Waals surface area contributed by atoms with E-state index in [0.717, 1.165) is 6.07 Å². The third-order valence-electron chi connectivity index (χ3n) is 2.61. The second-order valence-electron chi connectivity index (χ2n) is 4.44. The molecule has 0 aromatic heterocycles. The van der Waals surface area contributed by atoms with E-state index in [-0.39, 0.29) is 17.0 Å². The minimum absolute atomic E-state index is 0.0528. The number of carboxylic acids is 1. The number of benzene rings is 1. The van der Waals surface area contributed by atoms with Crippen molar-refractivity contribution in [3.05, 3.63) is 28.8 Å². The van der Waals surface area contributed by atoms with Gasteiger partial charge in [-0.05, 0) is 38.0 Å². The van der Waals surface area contributed by atoms with Crippen molar-refractivity contribution in [1.29, 1.82) is 0 Å². The van der Waals surface area contributed by atoms with Gasteiger partial charge in [-0.1, -0.05) is 6.07 Å². The first-order valence-corrected chi connectivity index (χ1v) is 7.15. The first kappa shape index (κ1) is 15.6. The van der Waals surface area contributed by atoms with Crippen LogP contribution in [-0.2, 0) is 10.0 Å². The minimum Gasteiger partial charge on any atom is -0.478 e. The third-order valence-corrected chi connectivity index (χ3v) is 4.18. The molecule has 0 unspecified atom stereocenters. The molecule has 0 saturated carbocycles. The summed E-state index contributed by atoms with van der Waals surface area (Å²) in [6.07, 6.45) is -0.820. The highest BCUT2D eigenvalue weighted by atomic mass is 32.2. The number of rotatable bonds is 5. The maximum absolute atomic E-state index is 12.0. The van der Waals surface area contributed by atoms with Gasteiger partial charge in [-0.3, -0.25) is 0 Å². The summed E-state index contributed by atoms with van der Waals surface area (Å²) in [6, 6.07) is 2.65. The third kappa shape index (κ3) is 3.76. The van der Waals surface area contributed by atoms with Crippen LogP contribution in [0, 0.1) is 13.8 Å². The van der Waals surface area contributed by atoms with Gasteiger partial charge in [0.05, 0.1) is 16.6 Å². The van der Waals surface area contributed by atoms with Crippen molar-refractivity contribution >= 4 is 16.0 Å². The van der Waals surface area contributed by atoms with Crippen molar-refractivity contribution in [2.45, 2.75) is 31.8 Å². The molecule has 0 amide bonds. The molecule has 0 bridgehead atoms. The average molecular weight is 287 g/mol. The monoisotopic (exact) mass is 287 g/mol. The number of aliphatic hydroxyl groups is 1. The highest BCUT2D eigenvalue weighted by Gasteiger charge is 2.20. The van der Waals surface area contributed by atoms with Crippen LogP contribution >= 0.6 is 0 Å². The number of sulfonamides is 1. The molecular formula is C12H17NO5S. The average Bonchev–Trinajstić information content (AvgIpc) is 2.25. The zero-order chi connectivity index (χ0) is 14.8. The molecule has 0 fully saturated rings. The Kier molecular flexibility index (Phi) is 4.67. The molecule has 0 heterocycles. The number of aliphatic hydroxyl groups excluding tert-OH is 1. The molecule has 0 spiro atoms. The minimum atomic E-state index is -3.83. The van der Waals surface area contributed by atoms with Crippen molar-refractivity contribution in [2.24, 2.45) is 0 Å². The number of hydrogen-bond acceptors (Lipinski definition) is 4. The number of hydrogen-bond donors (Lipinski definition) is 3. The summed E-state index contributed by atoms with van der Waals surface area (Å²) in [6.45, 7) is 4.52. The largest absolute Gasteiger partial charge is 0.478 e. The van der Waals surface area contributed by atoms with Gasteiger partial charge in [0, 0.05) is 6.54 Å². The van der Waals surface area contributed by atoms with Crippen LogP contribution in [0.2, 0.25) is 0 Å². The van der Waals surface area contributed by atoms with Crippen LogP contribution in [0.15, 0.2) is 17.0 Å². The lowest BCUT2D eigenvalue weighted by molar-refractivity contribution is 0.0696. The van der Waals surface area contributed by atoms with Crippen LogP contribution in [0.1, 0.15) is 28.4 Å². The Balaban J connectivity index is 3.27. The van der Waals surface area contributed by atoms with Gasteiger partial charge in [-0.2, -0.15) is 0 Å². The molecule has 1 rings (SSSR count). The number of carboxylic acid groups (broad SMARTS) is 1.